The molecule has 2 heterocycles. The number of aliphatic hydroxyl groups is 1. The van der Waals surface area contributed by atoms with E-state index in [0.717, 1.165) is 38.6 Å². The first-order chi connectivity index (χ1) is 13.8. The van der Waals surface area contributed by atoms with E-state index in [2.05, 4.69) is 29.2 Å². The van der Waals surface area contributed by atoms with Crippen molar-refractivity contribution >= 4 is 10.8 Å². The molecule has 1 N–H and O–H groups in total. The molecule has 152 valence electrons. The van der Waals surface area contributed by atoms with E-state index < -0.39 is 0 Å². The normalized spacial score (nSPS) is 22.5. The molecule has 2 aliphatic heterocycles. The molecule has 5 rings (SSSR count). The molecule has 3 aliphatic rings. The van der Waals surface area contributed by atoms with Gasteiger partial charge in [0.05, 0.1) is 19.8 Å². The van der Waals surface area contributed by atoms with Gasteiger partial charge in [0.2, 0.25) is 0 Å². The van der Waals surface area contributed by atoms with Crippen LogP contribution in [0.4, 0.5) is 0 Å². The molecule has 1 spiro atoms. The third-order valence-corrected chi connectivity index (χ3v) is 6.39. The zero-order chi connectivity index (χ0) is 19.2. The molecule has 3 fully saturated rings. The van der Waals surface area contributed by atoms with Crippen molar-refractivity contribution in [3.63, 3.8) is 0 Å². The Morgan fingerprint density at radius 2 is 1.71 bits per heavy atom. The van der Waals surface area contributed by atoms with E-state index in [-0.39, 0.29) is 12.4 Å². The number of aliphatic hydroxyl groups excluding tert-OH is 1. The van der Waals surface area contributed by atoms with E-state index in [4.69, 9.17) is 14.6 Å². The van der Waals surface area contributed by atoms with Crippen molar-refractivity contribution in [1.29, 1.82) is 0 Å². The Morgan fingerprint density at radius 1 is 0.964 bits per heavy atom. The fourth-order valence-corrected chi connectivity index (χ4v) is 4.90. The summed E-state index contributed by atoms with van der Waals surface area (Å²) >= 11 is 0. The van der Waals surface area contributed by atoms with Gasteiger partial charge in [-0.25, -0.2) is 0 Å². The smallest absolute Gasteiger partial charge is 0.182 e. The topological polar surface area (TPSA) is 41.9 Å². The van der Waals surface area contributed by atoms with Crippen LogP contribution in [0.15, 0.2) is 42.5 Å². The molecule has 28 heavy (non-hydrogen) atoms. The molecule has 4 heteroatoms. The molecule has 2 aromatic rings. The Balaban J connectivity index is 0.000000139. The lowest BCUT2D eigenvalue weighted by Gasteiger charge is -2.31. The van der Waals surface area contributed by atoms with Crippen molar-refractivity contribution in [1.82, 2.24) is 4.90 Å². The summed E-state index contributed by atoms with van der Waals surface area (Å²) in [6.45, 7) is 3.98. The van der Waals surface area contributed by atoms with Gasteiger partial charge >= 0.3 is 0 Å². The second-order valence-corrected chi connectivity index (χ2v) is 8.23. The Kier molecular flexibility index (Phi) is 6.63. The molecule has 4 nitrogen and oxygen atoms in total. The van der Waals surface area contributed by atoms with Crippen LogP contribution >= 0.6 is 0 Å². The minimum atomic E-state index is -0.211. The minimum absolute atomic E-state index is 0.211. The van der Waals surface area contributed by atoms with Gasteiger partial charge in [-0.3, -0.25) is 4.90 Å². The van der Waals surface area contributed by atoms with E-state index in [1.807, 2.05) is 18.2 Å². The minimum Gasteiger partial charge on any atom is -0.396 e. The summed E-state index contributed by atoms with van der Waals surface area (Å²) in [5, 5.41) is 11.4. The quantitative estimate of drug-likeness (QED) is 0.865. The van der Waals surface area contributed by atoms with Crippen molar-refractivity contribution in [3.8, 4) is 0 Å². The maximum atomic E-state index is 8.88. The highest BCUT2D eigenvalue weighted by Crippen LogP contribution is 2.34. The van der Waals surface area contributed by atoms with Crippen molar-refractivity contribution in [2.75, 3.05) is 32.9 Å². The first-order valence-electron chi connectivity index (χ1n) is 10.9. The van der Waals surface area contributed by atoms with Crippen molar-refractivity contribution in [2.24, 2.45) is 0 Å². The van der Waals surface area contributed by atoms with E-state index in [1.165, 1.54) is 55.0 Å². The second kappa shape index (κ2) is 9.36. The molecular formula is C24H33NO3. The zero-order valence-corrected chi connectivity index (χ0v) is 16.8. The molecule has 0 atom stereocenters. The van der Waals surface area contributed by atoms with Crippen molar-refractivity contribution in [2.45, 2.75) is 56.8 Å². The van der Waals surface area contributed by atoms with Gasteiger partial charge in [-0.15, -0.1) is 0 Å². The number of rotatable bonds is 3. The van der Waals surface area contributed by atoms with Gasteiger partial charge in [0, 0.05) is 25.6 Å². The molecule has 1 saturated carbocycles. The average Bonchev–Trinajstić information content (AvgIpc) is 3.40. The molecule has 2 aromatic carbocycles. The predicted molar refractivity (Wildman–Crippen MR) is 112 cm³/mol. The lowest BCUT2D eigenvalue weighted by molar-refractivity contribution is -0.147. The molecule has 0 bridgehead atoms. The Labute approximate surface area is 168 Å². The van der Waals surface area contributed by atoms with Crippen LogP contribution in [0.5, 0.6) is 0 Å². The number of likely N-dealkylation sites (tertiary alicyclic amines) is 1. The molecule has 0 aromatic heterocycles. The van der Waals surface area contributed by atoms with E-state index >= 15 is 0 Å². The third kappa shape index (κ3) is 4.57. The maximum absolute atomic E-state index is 8.88. The number of hydrogen-bond acceptors (Lipinski definition) is 4. The third-order valence-electron chi connectivity index (χ3n) is 6.39. The predicted octanol–water partition coefficient (Wildman–Crippen LogP) is 4.14. The first kappa shape index (κ1) is 19.8. The van der Waals surface area contributed by atoms with Gasteiger partial charge in [0.1, 0.15) is 0 Å². The number of fused-ring (bicyclic) bond motifs is 1. The molecule has 0 radical (unpaired) electrons. The zero-order valence-electron chi connectivity index (χ0n) is 16.8. The van der Waals surface area contributed by atoms with Crippen LogP contribution in [0.25, 0.3) is 10.8 Å². The Bertz CT molecular complexity index is 745. The fourth-order valence-electron chi connectivity index (χ4n) is 4.90. The monoisotopic (exact) mass is 383 g/mol. The highest BCUT2D eigenvalue weighted by molar-refractivity contribution is 5.85. The first-order valence-corrected chi connectivity index (χ1v) is 10.9. The van der Waals surface area contributed by atoms with Gasteiger partial charge in [-0.1, -0.05) is 61.7 Å². The molecule has 0 unspecified atom stereocenters. The molecule has 2 saturated heterocycles. The lowest BCUT2D eigenvalue weighted by atomic mass is 9.94. The van der Waals surface area contributed by atoms with Gasteiger partial charge in [-0.2, -0.15) is 0 Å². The van der Waals surface area contributed by atoms with Crippen LogP contribution in [0.3, 0.4) is 0 Å². The standard InChI is InChI=1S/C12H21NO2.C12H12O/c1-2-4-11(5-3-1)13-7-6-12(10-13)14-8-9-15-12;13-9-8-11-6-3-5-10-4-1-2-7-12(10)11/h11H,1-10H2;1-7,13H,8-9H2. The SMILES string of the molecule is C1CCC(N2CCC3(C2)OCCO3)CC1.OCCc1cccc2ccccc12. The summed E-state index contributed by atoms with van der Waals surface area (Å²) in [6.07, 6.45) is 8.84. The molecule has 1 aliphatic carbocycles. The lowest BCUT2D eigenvalue weighted by Crippen LogP contribution is -2.39. The van der Waals surface area contributed by atoms with E-state index in [0.29, 0.717) is 0 Å². The van der Waals surface area contributed by atoms with Gasteiger partial charge in [0.15, 0.2) is 5.79 Å². The largest absolute Gasteiger partial charge is 0.396 e. The Morgan fingerprint density at radius 3 is 2.50 bits per heavy atom. The van der Waals surface area contributed by atoms with Crippen molar-refractivity contribution in [3.05, 3.63) is 48.0 Å². The molecule has 0 amide bonds. The number of benzene rings is 2. The second-order valence-electron chi connectivity index (χ2n) is 8.23. The highest BCUT2D eigenvalue weighted by Gasteiger charge is 2.44. The number of nitrogens with zero attached hydrogens (tertiary/aromatic N) is 1. The number of ether oxygens (including phenoxy) is 2. The van der Waals surface area contributed by atoms with Crippen LogP contribution in [-0.2, 0) is 15.9 Å². The van der Waals surface area contributed by atoms with Crippen LogP contribution < -0.4 is 0 Å². The fraction of sp³-hybridized carbons (Fsp3) is 0.583. The van der Waals surface area contributed by atoms with Crippen molar-refractivity contribution < 1.29 is 14.6 Å². The van der Waals surface area contributed by atoms with E-state index in [9.17, 15) is 0 Å². The summed E-state index contributed by atoms with van der Waals surface area (Å²) in [6, 6.07) is 15.3. The summed E-state index contributed by atoms with van der Waals surface area (Å²) in [7, 11) is 0. The van der Waals surface area contributed by atoms with Crippen LogP contribution in [0, 0.1) is 0 Å². The van der Waals surface area contributed by atoms with Gasteiger partial charge in [-0.05, 0) is 35.6 Å². The van der Waals surface area contributed by atoms with Gasteiger partial charge in [0.25, 0.3) is 0 Å². The molecular weight excluding hydrogens is 350 g/mol. The summed E-state index contributed by atoms with van der Waals surface area (Å²) in [4.78, 5) is 2.60. The van der Waals surface area contributed by atoms with E-state index in [1.54, 1.807) is 0 Å². The highest BCUT2D eigenvalue weighted by atomic mass is 16.7. The maximum Gasteiger partial charge on any atom is 0.182 e. The summed E-state index contributed by atoms with van der Waals surface area (Å²) in [5.74, 6) is -0.211. The average molecular weight is 384 g/mol. The summed E-state index contributed by atoms with van der Waals surface area (Å²) < 4.78 is 11.5. The number of hydrogen-bond donors (Lipinski definition) is 1. The van der Waals surface area contributed by atoms with Crippen LogP contribution in [-0.4, -0.2) is 54.7 Å². The Hall–Kier alpha value is -1.46. The van der Waals surface area contributed by atoms with Gasteiger partial charge < -0.3 is 14.6 Å². The van der Waals surface area contributed by atoms with Crippen LogP contribution in [0.2, 0.25) is 0 Å². The summed E-state index contributed by atoms with van der Waals surface area (Å²) in [5.41, 5.74) is 1.22. The van der Waals surface area contributed by atoms with Crippen LogP contribution in [0.1, 0.15) is 44.1 Å².